The lowest BCUT2D eigenvalue weighted by atomic mass is 10.0. The summed E-state index contributed by atoms with van der Waals surface area (Å²) in [6, 6.07) is 8.43. The molecule has 1 heterocycles. The number of likely N-dealkylation sites (tertiary alicyclic amines) is 1. The molecule has 0 aliphatic carbocycles. The molecule has 2 rings (SSSR count). The lowest BCUT2D eigenvalue weighted by molar-refractivity contribution is -0.116. The van der Waals surface area contributed by atoms with Gasteiger partial charge in [0.25, 0.3) is 0 Å². The first-order valence-corrected chi connectivity index (χ1v) is 7.99. The van der Waals surface area contributed by atoms with Gasteiger partial charge < -0.3 is 11.1 Å². The van der Waals surface area contributed by atoms with Crippen molar-refractivity contribution in [3.63, 3.8) is 0 Å². The Morgan fingerprint density at radius 3 is 3.05 bits per heavy atom. The normalized spacial score (nSPS) is 19.4. The number of piperidine rings is 1. The minimum absolute atomic E-state index is 0.0990. The van der Waals surface area contributed by atoms with Crippen LogP contribution in [0.4, 0.5) is 5.69 Å². The summed E-state index contributed by atoms with van der Waals surface area (Å²) in [5, 5.41) is 2.96. The lowest BCUT2D eigenvalue weighted by Gasteiger charge is -2.34. The highest BCUT2D eigenvalue weighted by Crippen LogP contribution is 2.17. The first-order valence-electron chi connectivity index (χ1n) is 7.99. The second kappa shape index (κ2) is 8.15. The molecule has 116 valence electrons. The molecule has 21 heavy (non-hydrogen) atoms. The number of aryl methyl sites for hydroxylation is 1. The predicted octanol–water partition coefficient (Wildman–Crippen LogP) is 2.53. The van der Waals surface area contributed by atoms with E-state index < -0.39 is 0 Å². The van der Waals surface area contributed by atoms with Crippen LogP contribution in [0.2, 0.25) is 0 Å². The van der Waals surface area contributed by atoms with Crippen molar-refractivity contribution in [1.29, 1.82) is 0 Å². The zero-order valence-corrected chi connectivity index (χ0v) is 13.0. The van der Waals surface area contributed by atoms with Gasteiger partial charge in [-0.2, -0.15) is 0 Å². The Morgan fingerprint density at radius 1 is 1.43 bits per heavy atom. The van der Waals surface area contributed by atoms with E-state index in [4.69, 9.17) is 5.73 Å². The topological polar surface area (TPSA) is 58.4 Å². The van der Waals surface area contributed by atoms with E-state index in [0.29, 0.717) is 12.5 Å². The summed E-state index contributed by atoms with van der Waals surface area (Å²) < 4.78 is 0. The predicted molar refractivity (Wildman–Crippen MR) is 87.3 cm³/mol. The molecule has 0 aromatic heterocycles. The molecule has 4 heteroatoms. The lowest BCUT2D eigenvalue weighted by Crippen LogP contribution is -2.44. The average molecular weight is 289 g/mol. The summed E-state index contributed by atoms with van der Waals surface area (Å²) in [7, 11) is 0. The van der Waals surface area contributed by atoms with Gasteiger partial charge in [-0.1, -0.05) is 18.6 Å². The maximum absolute atomic E-state index is 12.0. The quantitative estimate of drug-likeness (QED) is 0.846. The van der Waals surface area contributed by atoms with Crippen molar-refractivity contribution < 1.29 is 4.79 Å². The third-order valence-corrected chi connectivity index (χ3v) is 4.17. The Balaban J connectivity index is 1.71. The molecule has 1 atom stereocenters. The molecule has 0 bridgehead atoms. The van der Waals surface area contributed by atoms with Crippen LogP contribution in [0.25, 0.3) is 0 Å². The smallest absolute Gasteiger partial charge is 0.224 e. The summed E-state index contributed by atoms with van der Waals surface area (Å²) in [4.78, 5) is 14.4. The van der Waals surface area contributed by atoms with Crippen molar-refractivity contribution >= 4 is 11.6 Å². The van der Waals surface area contributed by atoms with E-state index in [1.165, 1.54) is 19.3 Å². The second-order valence-corrected chi connectivity index (χ2v) is 5.94. The van der Waals surface area contributed by atoms with Gasteiger partial charge in [0.05, 0.1) is 0 Å². The Morgan fingerprint density at radius 2 is 2.29 bits per heavy atom. The summed E-state index contributed by atoms with van der Waals surface area (Å²) in [5.41, 5.74) is 7.87. The maximum Gasteiger partial charge on any atom is 0.224 e. The number of amides is 1. The van der Waals surface area contributed by atoms with Crippen molar-refractivity contribution in [1.82, 2.24) is 4.90 Å². The number of nitrogens with one attached hydrogen (secondary N) is 1. The van der Waals surface area contributed by atoms with Gasteiger partial charge in [0.2, 0.25) is 5.91 Å². The fraction of sp³-hybridized carbons (Fsp3) is 0.588. The molecule has 1 fully saturated rings. The van der Waals surface area contributed by atoms with E-state index in [1.54, 1.807) is 0 Å². The number of nitrogens with two attached hydrogens (primary N) is 1. The van der Waals surface area contributed by atoms with Crippen LogP contribution in [0, 0.1) is 6.92 Å². The highest BCUT2D eigenvalue weighted by Gasteiger charge is 2.20. The van der Waals surface area contributed by atoms with Gasteiger partial charge in [0.15, 0.2) is 0 Å². The molecule has 1 saturated heterocycles. The van der Waals surface area contributed by atoms with Crippen molar-refractivity contribution in [3.8, 4) is 0 Å². The largest absolute Gasteiger partial charge is 0.329 e. The molecule has 1 aliphatic rings. The molecule has 1 amide bonds. The Labute approximate surface area is 127 Å². The Kier molecular flexibility index (Phi) is 6.21. The van der Waals surface area contributed by atoms with E-state index in [2.05, 4.69) is 10.2 Å². The van der Waals surface area contributed by atoms with Gasteiger partial charge in [0, 0.05) is 24.7 Å². The standard InChI is InChI=1S/C17H27N3O/c1-14-6-4-7-15(12-14)19-17(21)9-5-11-20-10-3-2-8-16(20)13-18/h4,6-7,12,16H,2-3,5,8-11,13,18H2,1H3,(H,19,21). The number of carbonyl (C=O) groups excluding carboxylic acids is 1. The SMILES string of the molecule is Cc1cccc(NC(=O)CCCN2CCCCC2CN)c1. The van der Waals surface area contributed by atoms with Crippen LogP contribution in [0.3, 0.4) is 0 Å². The van der Waals surface area contributed by atoms with Crippen molar-refractivity contribution in [2.75, 3.05) is 25.0 Å². The highest BCUT2D eigenvalue weighted by molar-refractivity contribution is 5.90. The van der Waals surface area contributed by atoms with Crippen LogP contribution in [-0.4, -0.2) is 36.5 Å². The number of nitrogens with zero attached hydrogens (tertiary/aromatic N) is 1. The minimum Gasteiger partial charge on any atom is -0.329 e. The van der Waals surface area contributed by atoms with Crippen molar-refractivity contribution in [2.24, 2.45) is 5.73 Å². The van der Waals surface area contributed by atoms with Crippen LogP contribution >= 0.6 is 0 Å². The molecule has 0 saturated carbocycles. The number of hydrogen-bond donors (Lipinski definition) is 2. The molecule has 0 spiro atoms. The fourth-order valence-corrected chi connectivity index (χ4v) is 3.01. The summed E-state index contributed by atoms with van der Waals surface area (Å²) in [6.07, 6.45) is 5.21. The van der Waals surface area contributed by atoms with Crippen molar-refractivity contribution in [2.45, 2.75) is 45.1 Å². The van der Waals surface area contributed by atoms with E-state index in [-0.39, 0.29) is 5.91 Å². The first-order chi connectivity index (χ1) is 10.2. The average Bonchev–Trinajstić information content (AvgIpc) is 2.47. The molecular formula is C17H27N3O. The van der Waals surface area contributed by atoms with Crippen LogP contribution < -0.4 is 11.1 Å². The maximum atomic E-state index is 12.0. The zero-order valence-electron chi connectivity index (χ0n) is 13.0. The van der Waals surface area contributed by atoms with Gasteiger partial charge in [-0.3, -0.25) is 9.69 Å². The summed E-state index contributed by atoms with van der Waals surface area (Å²) >= 11 is 0. The molecule has 1 unspecified atom stereocenters. The minimum atomic E-state index is 0.0990. The Hall–Kier alpha value is -1.39. The first kappa shape index (κ1) is 16.0. The second-order valence-electron chi connectivity index (χ2n) is 5.94. The van der Waals surface area contributed by atoms with Gasteiger partial charge >= 0.3 is 0 Å². The fourth-order valence-electron chi connectivity index (χ4n) is 3.01. The van der Waals surface area contributed by atoms with Crippen LogP contribution in [0.5, 0.6) is 0 Å². The third kappa shape index (κ3) is 5.14. The summed E-state index contributed by atoms with van der Waals surface area (Å²) in [6.45, 7) is 4.86. The number of anilines is 1. The number of hydrogen-bond acceptors (Lipinski definition) is 3. The molecule has 1 aromatic carbocycles. The number of rotatable bonds is 6. The number of carbonyl (C=O) groups is 1. The van der Waals surface area contributed by atoms with E-state index in [0.717, 1.165) is 37.3 Å². The highest BCUT2D eigenvalue weighted by atomic mass is 16.1. The molecule has 1 aliphatic heterocycles. The van der Waals surface area contributed by atoms with Crippen LogP contribution in [0.1, 0.15) is 37.7 Å². The molecule has 0 radical (unpaired) electrons. The summed E-state index contributed by atoms with van der Waals surface area (Å²) in [5.74, 6) is 0.0990. The molecule has 4 nitrogen and oxygen atoms in total. The molecular weight excluding hydrogens is 262 g/mol. The van der Waals surface area contributed by atoms with E-state index in [1.807, 2.05) is 31.2 Å². The third-order valence-electron chi connectivity index (χ3n) is 4.17. The van der Waals surface area contributed by atoms with Gasteiger partial charge in [-0.15, -0.1) is 0 Å². The van der Waals surface area contributed by atoms with Gasteiger partial charge in [-0.25, -0.2) is 0 Å². The van der Waals surface area contributed by atoms with Crippen LogP contribution in [0.15, 0.2) is 24.3 Å². The molecule has 1 aromatic rings. The molecule has 3 N–H and O–H groups in total. The van der Waals surface area contributed by atoms with Crippen LogP contribution in [-0.2, 0) is 4.79 Å². The van der Waals surface area contributed by atoms with E-state index in [9.17, 15) is 4.79 Å². The van der Waals surface area contributed by atoms with Gasteiger partial charge in [-0.05, 0) is 57.0 Å². The van der Waals surface area contributed by atoms with E-state index >= 15 is 0 Å². The zero-order chi connectivity index (χ0) is 15.1. The number of benzene rings is 1. The van der Waals surface area contributed by atoms with Gasteiger partial charge in [0.1, 0.15) is 0 Å². The van der Waals surface area contributed by atoms with Crippen molar-refractivity contribution in [3.05, 3.63) is 29.8 Å². The Bertz CT molecular complexity index is 461. The monoisotopic (exact) mass is 289 g/mol.